The van der Waals surface area contributed by atoms with Crippen molar-refractivity contribution in [1.29, 1.82) is 0 Å². The van der Waals surface area contributed by atoms with Gasteiger partial charge in [-0.1, -0.05) is 19.1 Å². The zero-order chi connectivity index (χ0) is 12.3. The van der Waals surface area contributed by atoms with Gasteiger partial charge in [0.15, 0.2) is 5.78 Å². The van der Waals surface area contributed by atoms with E-state index in [1.807, 2.05) is 0 Å². The van der Waals surface area contributed by atoms with Crippen molar-refractivity contribution in [3.8, 4) is 0 Å². The summed E-state index contributed by atoms with van der Waals surface area (Å²) in [7, 11) is 0. The van der Waals surface area contributed by atoms with E-state index in [2.05, 4.69) is 11.8 Å². The fourth-order valence-electron chi connectivity index (χ4n) is 2.31. The number of Topliss-reactive ketones (excluding diaryl/α,β-unsaturated/α-hetero) is 1. The number of rotatable bonds is 4. The quantitative estimate of drug-likeness (QED) is 0.798. The van der Waals surface area contributed by atoms with Gasteiger partial charge in [0.05, 0.1) is 6.54 Å². The normalized spacial score (nSPS) is 20.7. The van der Waals surface area contributed by atoms with Gasteiger partial charge in [0.25, 0.3) is 0 Å². The highest BCUT2D eigenvalue weighted by atomic mass is 19.1. The maximum absolute atomic E-state index is 12.7. The van der Waals surface area contributed by atoms with Crippen LogP contribution in [0.1, 0.15) is 18.9 Å². The highest BCUT2D eigenvalue weighted by molar-refractivity contribution is 5.82. The number of halogens is 1. The van der Waals surface area contributed by atoms with E-state index >= 15 is 0 Å². The van der Waals surface area contributed by atoms with Crippen LogP contribution < -0.4 is 0 Å². The van der Waals surface area contributed by atoms with Crippen molar-refractivity contribution in [3.05, 3.63) is 35.6 Å². The Bertz CT molecular complexity index is 388. The predicted octanol–water partition coefficient (Wildman–Crippen LogP) is 2.28. The Morgan fingerprint density at radius 3 is 2.71 bits per heavy atom. The van der Waals surface area contributed by atoms with Crippen molar-refractivity contribution in [1.82, 2.24) is 4.90 Å². The van der Waals surface area contributed by atoms with Crippen molar-refractivity contribution in [3.63, 3.8) is 0 Å². The van der Waals surface area contributed by atoms with Crippen molar-refractivity contribution >= 4 is 5.78 Å². The number of hydrogen-bond acceptors (Lipinski definition) is 2. The summed E-state index contributed by atoms with van der Waals surface area (Å²) < 4.78 is 12.7. The lowest BCUT2D eigenvalue weighted by atomic mass is 10.1. The molecule has 1 unspecified atom stereocenters. The SMILES string of the molecule is CC1CCN(CC(=O)Cc2ccc(F)cc2)C1. The van der Waals surface area contributed by atoms with Crippen LogP contribution in [0.25, 0.3) is 0 Å². The van der Waals surface area contributed by atoms with Crippen LogP contribution in [0, 0.1) is 11.7 Å². The first-order chi connectivity index (χ1) is 8.13. The van der Waals surface area contributed by atoms with Crippen LogP contribution >= 0.6 is 0 Å². The molecule has 1 heterocycles. The average molecular weight is 235 g/mol. The third kappa shape index (κ3) is 3.63. The van der Waals surface area contributed by atoms with E-state index in [-0.39, 0.29) is 11.6 Å². The number of carbonyl (C=O) groups excluding carboxylic acids is 1. The van der Waals surface area contributed by atoms with Gasteiger partial charge in [-0.3, -0.25) is 9.69 Å². The number of likely N-dealkylation sites (tertiary alicyclic amines) is 1. The fourth-order valence-corrected chi connectivity index (χ4v) is 2.31. The molecule has 2 nitrogen and oxygen atoms in total. The molecular weight excluding hydrogens is 217 g/mol. The summed E-state index contributed by atoms with van der Waals surface area (Å²) in [5, 5.41) is 0. The molecule has 3 heteroatoms. The van der Waals surface area contributed by atoms with Gasteiger partial charge in [0.2, 0.25) is 0 Å². The van der Waals surface area contributed by atoms with E-state index in [9.17, 15) is 9.18 Å². The van der Waals surface area contributed by atoms with Crippen LogP contribution in [0.15, 0.2) is 24.3 Å². The van der Waals surface area contributed by atoms with Crippen molar-refractivity contribution in [2.24, 2.45) is 5.92 Å². The zero-order valence-electron chi connectivity index (χ0n) is 10.2. The summed E-state index contributed by atoms with van der Waals surface area (Å²) in [6.45, 7) is 4.79. The Hall–Kier alpha value is -1.22. The lowest BCUT2D eigenvalue weighted by molar-refractivity contribution is -0.119. The van der Waals surface area contributed by atoms with Gasteiger partial charge in [0.1, 0.15) is 5.82 Å². The molecular formula is C14H18FNO. The van der Waals surface area contributed by atoms with E-state index < -0.39 is 0 Å². The largest absolute Gasteiger partial charge is 0.298 e. The molecule has 1 aromatic rings. The van der Waals surface area contributed by atoms with Gasteiger partial charge in [0, 0.05) is 13.0 Å². The first kappa shape index (κ1) is 12.2. The molecule has 0 aliphatic carbocycles. The molecule has 0 amide bonds. The molecule has 1 aromatic carbocycles. The minimum atomic E-state index is -0.255. The van der Waals surface area contributed by atoms with Crippen LogP contribution in [-0.2, 0) is 11.2 Å². The monoisotopic (exact) mass is 235 g/mol. The third-order valence-electron chi connectivity index (χ3n) is 3.22. The number of benzene rings is 1. The van der Waals surface area contributed by atoms with Crippen molar-refractivity contribution < 1.29 is 9.18 Å². The fraction of sp³-hybridized carbons (Fsp3) is 0.500. The molecule has 92 valence electrons. The predicted molar refractivity (Wildman–Crippen MR) is 65.3 cm³/mol. The van der Waals surface area contributed by atoms with Crippen LogP contribution in [0.3, 0.4) is 0 Å². The Labute approximate surface area is 101 Å². The standard InChI is InChI=1S/C14H18FNO/c1-11-6-7-16(9-11)10-14(17)8-12-2-4-13(15)5-3-12/h2-5,11H,6-10H2,1H3. The minimum Gasteiger partial charge on any atom is -0.298 e. The Morgan fingerprint density at radius 2 is 2.12 bits per heavy atom. The number of carbonyl (C=O) groups is 1. The van der Waals surface area contributed by atoms with E-state index in [1.165, 1.54) is 18.6 Å². The molecule has 0 spiro atoms. The summed E-state index contributed by atoms with van der Waals surface area (Å²) in [6, 6.07) is 6.17. The average Bonchev–Trinajstić information content (AvgIpc) is 2.67. The van der Waals surface area contributed by atoms with E-state index in [0.29, 0.717) is 18.9 Å². The third-order valence-corrected chi connectivity index (χ3v) is 3.22. The summed E-state index contributed by atoms with van der Waals surface area (Å²) in [4.78, 5) is 14.0. The zero-order valence-corrected chi connectivity index (χ0v) is 10.2. The van der Waals surface area contributed by atoms with Crippen LogP contribution in [0.2, 0.25) is 0 Å². The number of hydrogen-bond donors (Lipinski definition) is 0. The second-order valence-electron chi connectivity index (χ2n) is 4.97. The molecule has 17 heavy (non-hydrogen) atoms. The van der Waals surface area contributed by atoms with E-state index in [1.54, 1.807) is 12.1 Å². The highest BCUT2D eigenvalue weighted by Crippen LogP contribution is 2.14. The van der Waals surface area contributed by atoms with Gasteiger partial charge >= 0.3 is 0 Å². The molecule has 1 saturated heterocycles. The Kier molecular flexibility index (Phi) is 3.89. The van der Waals surface area contributed by atoms with Gasteiger partial charge in [-0.15, -0.1) is 0 Å². The van der Waals surface area contributed by atoms with Gasteiger partial charge < -0.3 is 0 Å². The smallest absolute Gasteiger partial charge is 0.151 e. The first-order valence-corrected chi connectivity index (χ1v) is 6.12. The van der Waals surface area contributed by atoms with Crippen LogP contribution in [0.5, 0.6) is 0 Å². The van der Waals surface area contributed by atoms with Gasteiger partial charge in [-0.25, -0.2) is 4.39 Å². The van der Waals surface area contributed by atoms with Gasteiger partial charge in [-0.2, -0.15) is 0 Å². The topological polar surface area (TPSA) is 20.3 Å². The second kappa shape index (κ2) is 5.41. The molecule has 1 aliphatic rings. The summed E-state index contributed by atoms with van der Waals surface area (Å²) in [5.74, 6) is 0.661. The minimum absolute atomic E-state index is 0.214. The lowest BCUT2D eigenvalue weighted by Crippen LogP contribution is -2.28. The number of nitrogens with zero attached hydrogens (tertiary/aromatic N) is 1. The second-order valence-corrected chi connectivity index (χ2v) is 4.97. The van der Waals surface area contributed by atoms with E-state index in [0.717, 1.165) is 18.7 Å². The van der Waals surface area contributed by atoms with Crippen molar-refractivity contribution in [2.45, 2.75) is 19.8 Å². The summed E-state index contributed by atoms with van der Waals surface area (Å²) in [6.07, 6.45) is 1.59. The molecule has 1 aliphatic heterocycles. The molecule has 1 fully saturated rings. The molecule has 2 rings (SSSR count). The molecule has 0 bridgehead atoms. The number of ketones is 1. The first-order valence-electron chi connectivity index (χ1n) is 6.12. The summed E-state index contributed by atoms with van der Waals surface area (Å²) in [5.41, 5.74) is 0.892. The molecule has 0 N–H and O–H groups in total. The van der Waals surface area contributed by atoms with Crippen LogP contribution in [-0.4, -0.2) is 30.3 Å². The Morgan fingerprint density at radius 1 is 1.41 bits per heavy atom. The summed E-state index contributed by atoms with van der Waals surface area (Å²) >= 11 is 0. The van der Waals surface area contributed by atoms with Gasteiger partial charge in [-0.05, 0) is 36.6 Å². The maximum Gasteiger partial charge on any atom is 0.151 e. The maximum atomic E-state index is 12.7. The molecule has 0 aromatic heterocycles. The van der Waals surface area contributed by atoms with Crippen molar-refractivity contribution in [2.75, 3.05) is 19.6 Å². The molecule has 0 radical (unpaired) electrons. The van der Waals surface area contributed by atoms with E-state index in [4.69, 9.17) is 0 Å². The Balaban J connectivity index is 1.83. The lowest BCUT2D eigenvalue weighted by Gasteiger charge is -2.13. The molecule has 1 atom stereocenters. The molecule has 0 saturated carbocycles. The highest BCUT2D eigenvalue weighted by Gasteiger charge is 2.20. The van der Waals surface area contributed by atoms with Crippen LogP contribution in [0.4, 0.5) is 4.39 Å².